The van der Waals surface area contributed by atoms with Gasteiger partial charge in [-0.25, -0.2) is 4.79 Å². The number of piperidine rings is 1. The van der Waals surface area contributed by atoms with Gasteiger partial charge >= 0.3 is 12.1 Å². The van der Waals surface area contributed by atoms with Crippen molar-refractivity contribution in [3.8, 4) is 0 Å². The largest absolute Gasteiger partial charge is 0.490 e. The SMILES string of the molecule is O=C(O)C(F)(F)F.O=C(c1cccs1)N1CCC2(CC1)CC(N1CCCC1)CO2. The molecular weight excluding hydrogens is 409 g/mol. The van der Waals surface area contributed by atoms with E-state index in [2.05, 4.69) is 4.90 Å². The van der Waals surface area contributed by atoms with E-state index in [4.69, 9.17) is 14.6 Å². The molecule has 1 spiro atoms. The summed E-state index contributed by atoms with van der Waals surface area (Å²) in [5, 5.41) is 9.10. The second-order valence-electron chi connectivity index (χ2n) is 7.67. The number of amides is 1. The molecule has 6 nitrogen and oxygen atoms in total. The third-order valence-corrected chi connectivity index (χ3v) is 6.64. The number of hydrogen-bond acceptors (Lipinski definition) is 5. The molecule has 4 rings (SSSR count). The smallest absolute Gasteiger partial charge is 0.475 e. The Morgan fingerprint density at radius 3 is 2.31 bits per heavy atom. The molecule has 1 amide bonds. The number of hydrogen-bond donors (Lipinski definition) is 1. The molecule has 4 heterocycles. The van der Waals surface area contributed by atoms with Gasteiger partial charge in [-0.15, -0.1) is 11.3 Å². The number of aliphatic carboxylic acids is 1. The maximum Gasteiger partial charge on any atom is 0.490 e. The quantitative estimate of drug-likeness (QED) is 0.774. The summed E-state index contributed by atoms with van der Waals surface area (Å²) in [6, 6.07) is 4.48. The Labute approximate surface area is 171 Å². The molecule has 0 bridgehead atoms. The van der Waals surface area contributed by atoms with Gasteiger partial charge in [-0.3, -0.25) is 9.69 Å². The molecule has 1 aromatic heterocycles. The Balaban J connectivity index is 0.000000298. The Morgan fingerprint density at radius 1 is 1.17 bits per heavy atom. The minimum Gasteiger partial charge on any atom is -0.475 e. The molecule has 29 heavy (non-hydrogen) atoms. The van der Waals surface area contributed by atoms with E-state index >= 15 is 0 Å². The van der Waals surface area contributed by atoms with Crippen LogP contribution in [0.3, 0.4) is 0 Å². The first-order valence-corrected chi connectivity index (χ1v) is 10.6. The fourth-order valence-corrected chi connectivity index (χ4v) is 4.87. The Hall–Kier alpha value is -1.65. The molecule has 1 aromatic rings. The second kappa shape index (κ2) is 9.01. The van der Waals surface area contributed by atoms with Crippen molar-refractivity contribution in [2.45, 2.75) is 49.9 Å². The monoisotopic (exact) mass is 434 g/mol. The zero-order valence-corrected chi connectivity index (χ0v) is 16.8. The average Bonchev–Trinajstić information content (AvgIpc) is 3.43. The van der Waals surface area contributed by atoms with Gasteiger partial charge in [-0.1, -0.05) is 6.07 Å². The van der Waals surface area contributed by atoms with Crippen molar-refractivity contribution in [3.05, 3.63) is 22.4 Å². The number of carbonyl (C=O) groups excluding carboxylic acids is 1. The molecule has 3 saturated heterocycles. The zero-order chi connectivity index (χ0) is 21.1. The van der Waals surface area contributed by atoms with Crippen LogP contribution in [0.15, 0.2) is 17.5 Å². The number of alkyl halides is 3. The van der Waals surface area contributed by atoms with E-state index < -0.39 is 12.1 Å². The summed E-state index contributed by atoms with van der Waals surface area (Å²) >= 11 is 1.54. The summed E-state index contributed by atoms with van der Waals surface area (Å²) in [4.78, 5) is 26.8. The first kappa shape index (κ1) is 22.0. The van der Waals surface area contributed by atoms with Crippen molar-refractivity contribution in [3.63, 3.8) is 0 Å². The van der Waals surface area contributed by atoms with Crippen molar-refractivity contribution in [1.29, 1.82) is 0 Å². The van der Waals surface area contributed by atoms with E-state index in [1.807, 2.05) is 22.4 Å². The molecule has 3 fully saturated rings. The highest BCUT2D eigenvalue weighted by molar-refractivity contribution is 7.12. The highest BCUT2D eigenvalue weighted by atomic mass is 32.1. The van der Waals surface area contributed by atoms with Crippen molar-refractivity contribution >= 4 is 23.2 Å². The highest BCUT2D eigenvalue weighted by Crippen LogP contribution is 2.38. The first-order chi connectivity index (χ1) is 13.7. The Kier molecular flexibility index (Phi) is 6.85. The molecule has 0 aromatic carbocycles. The number of carboxylic acid groups (broad SMARTS) is 1. The van der Waals surface area contributed by atoms with Gasteiger partial charge in [0.25, 0.3) is 5.91 Å². The molecule has 1 atom stereocenters. The Bertz CT molecular complexity index is 697. The van der Waals surface area contributed by atoms with Gasteiger partial charge < -0.3 is 14.7 Å². The minimum absolute atomic E-state index is 0.0412. The number of likely N-dealkylation sites (tertiary alicyclic amines) is 2. The van der Waals surface area contributed by atoms with Crippen molar-refractivity contribution in [2.24, 2.45) is 0 Å². The summed E-state index contributed by atoms with van der Waals surface area (Å²) in [6.45, 7) is 5.05. The van der Waals surface area contributed by atoms with E-state index in [1.54, 1.807) is 0 Å². The molecule has 3 aliphatic rings. The molecule has 0 aliphatic carbocycles. The maximum atomic E-state index is 12.4. The first-order valence-electron chi connectivity index (χ1n) is 9.71. The average molecular weight is 434 g/mol. The van der Waals surface area contributed by atoms with Crippen LogP contribution >= 0.6 is 11.3 Å². The van der Waals surface area contributed by atoms with E-state index in [9.17, 15) is 18.0 Å². The van der Waals surface area contributed by atoms with E-state index in [0.29, 0.717) is 6.04 Å². The zero-order valence-electron chi connectivity index (χ0n) is 16.0. The van der Waals surface area contributed by atoms with Gasteiger partial charge in [0.2, 0.25) is 0 Å². The van der Waals surface area contributed by atoms with Crippen molar-refractivity contribution < 1.29 is 32.6 Å². The predicted molar refractivity (Wildman–Crippen MR) is 101 cm³/mol. The van der Waals surface area contributed by atoms with Crippen LogP contribution in [0.4, 0.5) is 13.2 Å². The highest BCUT2D eigenvalue weighted by Gasteiger charge is 2.45. The van der Waals surface area contributed by atoms with Gasteiger partial charge in [0.15, 0.2) is 0 Å². The summed E-state index contributed by atoms with van der Waals surface area (Å²) in [6.07, 6.45) is 0.746. The molecule has 1 N–H and O–H groups in total. The van der Waals surface area contributed by atoms with Gasteiger partial charge in [-0.05, 0) is 56.6 Å². The third-order valence-electron chi connectivity index (χ3n) is 5.78. The summed E-state index contributed by atoms with van der Waals surface area (Å²) in [7, 11) is 0. The fraction of sp³-hybridized carbons (Fsp3) is 0.684. The summed E-state index contributed by atoms with van der Waals surface area (Å²) in [5.74, 6) is -2.56. The minimum atomic E-state index is -5.08. The van der Waals surface area contributed by atoms with Gasteiger partial charge in [0.1, 0.15) is 0 Å². The molecule has 0 radical (unpaired) electrons. The lowest BCUT2D eigenvalue weighted by Crippen LogP contribution is -2.47. The normalized spacial score (nSPS) is 24.4. The number of thiophene rings is 1. The number of halogens is 3. The lowest BCUT2D eigenvalue weighted by Gasteiger charge is -2.38. The second-order valence-corrected chi connectivity index (χ2v) is 8.62. The van der Waals surface area contributed by atoms with E-state index in [-0.39, 0.29) is 11.5 Å². The number of nitrogens with zero attached hydrogens (tertiary/aromatic N) is 2. The molecule has 1 unspecified atom stereocenters. The van der Waals surface area contributed by atoms with Gasteiger partial charge in [0, 0.05) is 19.1 Å². The van der Waals surface area contributed by atoms with Gasteiger partial charge in [-0.2, -0.15) is 13.2 Å². The van der Waals surface area contributed by atoms with E-state index in [1.165, 1.54) is 37.3 Å². The van der Waals surface area contributed by atoms with E-state index in [0.717, 1.165) is 43.8 Å². The molecular formula is C19H25F3N2O4S. The summed E-state index contributed by atoms with van der Waals surface area (Å²) in [5.41, 5.74) is 0.0412. The van der Waals surface area contributed by atoms with Crippen LogP contribution in [0, 0.1) is 0 Å². The maximum absolute atomic E-state index is 12.4. The van der Waals surface area contributed by atoms with Crippen LogP contribution in [0.2, 0.25) is 0 Å². The van der Waals surface area contributed by atoms with Crippen molar-refractivity contribution in [1.82, 2.24) is 9.80 Å². The summed E-state index contributed by atoms with van der Waals surface area (Å²) < 4.78 is 38.0. The number of carbonyl (C=O) groups is 2. The molecule has 162 valence electrons. The third kappa shape index (κ3) is 5.49. The number of ether oxygens (including phenoxy) is 1. The molecule has 0 saturated carbocycles. The van der Waals surface area contributed by atoms with Crippen LogP contribution in [0.1, 0.15) is 41.8 Å². The van der Waals surface area contributed by atoms with Crippen LogP contribution < -0.4 is 0 Å². The van der Waals surface area contributed by atoms with Crippen LogP contribution in [-0.4, -0.2) is 77.4 Å². The lowest BCUT2D eigenvalue weighted by molar-refractivity contribution is -0.192. The predicted octanol–water partition coefficient (Wildman–Crippen LogP) is 3.24. The number of carboxylic acids is 1. The van der Waals surface area contributed by atoms with Crippen LogP contribution in [-0.2, 0) is 9.53 Å². The topological polar surface area (TPSA) is 70.1 Å². The Morgan fingerprint density at radius 2 is 1.79 bits per heavy atom. The lowest BCUT2D eigenvalue weighted by atomic mass is 9.87. The molecule has 10 heteroatoms. The standard InChI is InChI=1S/C17H24N2O2S.C2HF3O2/c20-16(15-4-3-11-22-15)19-9-5-17(6-10-19)12-14(13-21-17)18-7-1-2-8-18;3-2(4,5)1(6)7/h3-4,11,14H,1-2,5-10,12-13H2;(H,6,7). The number of rotatable bonds is 2. The molecule has 3 aliphatic heterocycles. The van der Waals surface area contributed by atoms with Crippen molar-refractivity contribution in [2.75, 3.05) is 32.8 Å². The fourth-order valence-electron chi connectivity index (χ4n) is 4.18. The van der Waals surface area contributed by atoms with Gasteiger partial charge in [0.05, 0.1) is 17.1 Å². The van der Waals surface area contributed by atoms with Crippen LogP contribution in [0.5, 0.6) is 0 Å². The van der Waals surface area contributed by atoms with Crippen LogP contribution in [0.25, 0.3) is 0 Å².